The van der Waals surface area contributed by atoms with Crippen LogP contribution in [-0.2, 0) is 28.6 Å². The Bertz CT molecular complexity index is 1180. The van der Waals surface area contributed by atoms with Crippen LogP contribution in [0.15, 0.2) is 24.3 Å². The van der Waals surface area contributed by atoms with Gasteiger partial charge in [-0.3, -0.25) is 14.4 Å². The lowest BCUT2D eigenvalue weighted by Crippen LogP contribution is -2.30. The summed E-state index contributed by atoms with van der Waals surface area (Å²) in [6.07, 6.45) is 74.7. The van der Waals surface area contributed by atoms with Crippen molar-refractivity contribution in [1.29, 1.82) is 0 Å². The van der Waals surface area contributed by atoms with E-state index in [1.165, 1.54) is 263 Å². The van der Waals surface area contributed by atoms with Crippen molar-refractivity contribution in [3.63, 3.8) is 0 Å². The molecule has 0 fully saturated rings. The monoisotopic (exact) mass is 1030 g/mol. The van der Waals surface area contributed by atoms with Gasteiger partial charge in [0.2, 0.25) is 0 Å². The third-order valence-corrected chi connectivity index (χ3v) is 15.0. The first-order chi connectivity index (χ1) is 36.0. The highest BCUT2D eigenvalue weighted by molar-refractivity contribution is 5.71. The Morgan fingerprint density at radius 1 is 0.274 bits per heavy atom. The van der Waals surface area contributed by atoms with E-state index in [0.29, 0.717) is 19.3 Å². The Kier molecular flexibility index (Phi) is 60.6. The third-order valence-electron chi connectivity index (χ3n) is 15.0. The quantitative estimate of drug-likeness (QED) is 0.0261. The first-order valence-electron chi connectivity index (χ1n) is 32.8. The average molecular weight is 1030 g/mol. The second-order valence-electron chi connectivity index (χ2n) is 22.4. The Morgan fingerprint density at radius 3 is 0.753 bits per heavy atom. The number of unbranched alkanes of at least 4 members (excludes halogenated alkanes) is 46. The third kappa shape index (κ3) is 60.6. The number of ether oxygens (including phenoxy) is 3. The molecule has 0 rings (SSSR count). The number of hydrogen-bond donors (Lipinski definition) is 0. The Hall–Kier alpha value is -2.11. The van der Waals surface area contributed by atoms with Crippen LogP contribution >= 0.6 is 0 Å². The van der Waals surface area contributed by atoms with Gasteiger partial charge < -0.3 is 14.2 Å². The molecule has 0 N–H and O–H groups in total. The molecule has 0 aromatic heterocycles. The van der Waals surface area contributed by atoms with Crippen LogP contribution in [0.5, 0.6) is 0 Å². The molecular weight excluding hydrogens is 901 g/mol. The molecule has 0 radical (unpaired) electrons. The minimum atomic E-state index is -0.769. The van der Waals surface area contributed by atoms with Crippen molar-refractivity contribution in [1.82, 2.24) is 0 Å². The van der Waals surface area contributed by atoms with Crippen LogP contribution in [-0.4, -0.2) is 37.2 Å². The van der Waals surface area contributed by atoms with E-state index in [4.69, 9.17) is 14.2 Å². The molecule has 0 bridgehead atoms. The molecule has 73 heavy (non-hydrogen) atoms. The molecular formula is C67H126O6. The summed E-state index contributed by atoms with van der Waals surface area (Å²) in [5.74, 6) is -0.840. The Morgan fingerprint density at radius 2 is 0.493 bits per heavy atom. The van der Waals surface area contributed by atoms with E-state index >= 15 is 0 Å². The fourth-order valence-corrected chi connectivity index (χ4v) is 10.0. The second kappa shape index (κ2) is 62.4. The fraction of sp³-hybridized carbons (Fsp3) is 0.896. The maximum absolute atomic E-state index is 12.9. The van der Waals surface area contributed by atoms with Crippen molar-refractivity contribution in [2.45, 2.75) is 374 Å². The normalized spacial score (nSPS) is 12.1. The first kappa shape index (κ1) is 70.9. The molecule has 1 unspecified atom stereocenters. The van der Waals surface area contributed by atoms with Crippen molar-refractivity contribution in [2.75, 3.05) is 13.2 Å². The predicted octanol–water partition coefficient (Wildman–Crippen LogP) is 22.2. The summed E-state index contributed by atoms with van der Waals surface area (Å²) in [6.45, 7) is 6.70. The van der Waals surface area contributed by atoms with Crippen LogP contribution in [0.25, 0.3) is 0 Å². The van der Waals surface area contributed by atoms with Gasteiger partial charge in [-0.2, -0.15) is 0 Å². The van der Waals surface area contributed by atoms with E-state index < -0.39 is 6.10 Å². The van der Waals surface area contributed by atoms with E-state index in [0.717, 1.165) is 64.2 Å². The number of esters is 3. The molecule has 1 atom stereocenters. The lowest BCUT2D eigenvalue weighted by Gasteiger charge is -2.18. The maximum Gasteiger partial charge on any atom is 0.306 e. The minimum Gasteiger partial charge on any atom is -0.462 e. The van der Waals surface area contributed by atoms with E-state index in [2.05, 4.69) is 45.1 Å². The zero-order valence-corrected chi connectivity index (χ0v) is 49.4. The van der Waals surface area contributed by atoms with Gasteiger partial charge in [0.25, 0.3) is 0 Å². The molecule has 0 aromatic rings. The molecule has 6 heteroatoms. The van der Waals surface area contributed by atoms with Crippen LogP contribution < -0.4 is 0 Å². The summed E-state index contributed by atoms with van der Waals surface area (Å²) in [7, 11) is 0. The number of rotatable bonds is 61. The first-order valence-corrected chi connectivity index (χ1v) is 32.8. The summed E-state index contributed by atoms with van der Waals surface area (Å²) < 4.78 is 17.0. The minimum absolute atomic E-state index is 0.0660. The van der Waals surface area contributed by atoms with Crippen LogP contribution in [0.2, 0.25) is 0 Å². The van der Waals surface area contributed by atoms with E-state index in [9.17, 15) is 14.4 Å². The zero-order chi connectivity index (χ0) is 52.9. The lowest BCUT2D eigenvalue weighted by molar-refractivity contribution is -0.167. The predicted molar refractivity (Wildman–Crippen MR) is 316 cm³/mol. The molecule has 0 saturated carbocycles. The number of allylic oxidation sites excluding steroid dienone is 4. The van der Waals surface area contributed by atoms with Crippen molar-refractivity contribution < 1.29 is 28.6 Å². The van der Waals surface area contributed by atoms with Crippen molar-refractivity contribution in [2.24, 2.45) is 0 Å². The van der Waals surface area contributed by atoms with Crippen molar-refractivity contribution in [3.8, 4) is 0 Å². The SMILES string of the molecule is CCCCCCC/C=C\C/C=C\CCCCCCCCCCCC(=O)OCC(COC(=O)CCCCCCCCCCCCCCCCC)OC(=O)CCCCCCCCCCCCCCCCCCCCC. The summed E-state index contributed by atoms with van der Waals surface area (Å²) in [4.78, 5) is 38.3. The van der Waals surface area contributed by atoms with Crippen molar-refractivity contribution in [3.05, 3.63) is 24.3 Å². The summed E-state index contributed by atoms with van der Waals surface area (Å²) >= 11 is 0. The molecule has 430 valence electrons. The fourth-order valence-electron chi connectivity index (χ4n) is 10.0. The molecule has 6 nitrogen and oxygen atoms in total. The topological polar surface area (TPSA) is 78.9 Å². The maximum atomic E-state index is 12.9. The molecule has 0 saturated heterocycles. The van der Waals surface area contributed by atoms with Gasteiger partial charge in [-0.1, -0.05) is 321 Å². The van der Waals surface area contributed by atoms with Crippen molar-refractivity contribution >= 4 is 17.9 Å². The zero-order valence-electron chi connectivity index (χ0n) is 49.4. The molecule has 0 aliphatic carbocycles. The van der Waals surface area contributed by atoms with Gasteiger partial charge in [0, 0.05) is 19.3 Å². The highest BCUT2D eigenvalue weighted by Gasteiger charge is 2.19. The van der Waals surface area contributed by atoms with Gasteiger partial charge in [-0.05, 0) is 51.4 Å². The van der Waals surface area contributed by atoms with Crippen LogP contribution in [0, 0.1) is 0 Å². The van der Waals surface area contributed by atoms with Gasteiger partial charge in [0.15, 0.2) is 6.10 Å². The van der Waals surface area contributed by atoms with E-state index in [1.807, 2.05) is 0 Å². The molecule has 0 heterocycles. The van der Waals surface area contributed by atoms with E-state index in [-0.39, 0.29) is 31.1 Å². The molecule has 0 aromatic carbocycles. The highest BCUT2D eigenvalue weighted by Crippen LogP contribution is 2.18. The lowest BCUT2D eigenvalue weighted by atomic mass is 10.0. The van der Waals surface area contributed by atoms with Gasteiger partial charge in [0.1, 0.15) is 13.2 Å². The average Bonchev–Trinajstić information content (AvgIpc) is 3.39. The van der Waals surface area contributed by atoms with Crippen LogP contribution in [0.3, 0.4) is 0 Å². The number of hydrogen-bond acceptors (Lipinski definition) is 6. The summed E-state index contributed by atoms with van der Waals surface area (Å²) in [6, 6.07) is 0. The summed E-state index contributed by atoms with van der Waals surface area (Å²) in [5, 5.41) is 0. The van der Waals surface area contributed by atoms with Gasteiger partial charge >= 0.3 is 17.9 Å². The molecule has 0 amide bonds. The number of carbonyl (C=O) groups excluding carboxylic acids is 3. The standard InChI is InChI=1S/C67H126O6/c1-4-7-10-13-16-19-22-25-28-30-32-33-35-36-39-42-45-48-51-54-57-60-66(69)72-63-64(62-71-65(68)59-56-53-50-47-44-41-38-27-24-21-18-15-12-9-6-3)73-67(70)61-58-55-52-49-46-43-40-37-34-31-29-26-23-20-17-14-11-8-5-2/h22,25,30,32,64H,4-21,23-24,26-29,31,33-63H2,1-3H3/b25-22-,32-30-. The highest BCUT2D eigenvalue weighted by atomic mass is 16.6. The molecule has 0 aliphatic heterocycles. The number of carbonyl (C=O) groups is 3. The van der Waals surface area contributed by atoms with Crippen LogP contribution in [0.1, 0.15) is 367 Å². The van der Waals surface area contributed by atoms with Gasteiger partial charge in [-0.25, -0.2) is 0 Å². The Labute approximate surface area is 455 Å². The second-order valence-corrected chi connectivity index (χ2v) is 22.4. The smallest absolute Gasteiger partial charge is 0.306 e. The largest absolute Gasteiger partial charge is 0.462 e. The molecule has 0 spiro atoms. The molecule has 0 aliphatic rings. The Balaban J connectivity index is 4.30. The summed E-state index contributed by atoms with van der Waals surface area (Å²) in [5.41, 5.74) is 0. The van der Waals surface area contributed by atoms with Gasteiger partial charge in [-0.15, -0.1) is 0 Å². The van der Waals surface area contributed by atoms with Gasteiger partial charge in [0.05, 0.1) is 0 Å². The van der Waals surface area contributed by atoms with Crippen LogP contribution in [0.4, 0.5) is 0 Å². The van der Waals surface area contributed by atoms with E-state index in [1.54, 1.807) is 0 Å².